The molecule has 0 spiro atoms. The summed E-state index contributed by atoms with van der Waals surface area (Å²) in [4.78, 5) is 29.8. The van der Waals surface area contributed by atoms with Gasteiger partial charge in [-0.15, -0.1) is 0 Å². The molecule has 1 N–H and O–H groups in total. The molecule has 0 aromatic heterocycles. The summed E-state index contributed by atoms with van der Waals surface area (Å²) < 4.78 is 34.6. The van der Waals surface area contributed by atoms with Gasteiger partial charge in [0.1, 0.15) is 18.3 Å². The number of nitrogens with one attached hydrogen (secondary N) is 1. The number of benzene rings is 4. The summed E-state index contributed by atoms with van der Waals surface area (Å²) in [6.07, 6.45) is 0.252. The molecule has 0 saturated heterocycles. The fourth-order valence-electron chi connectivity index (χ4n) is 4.96. The van der Waals surface area contributed by atoms with Crippen LogP contribution in [0.4, 0.5) is 5.69 Å². The second kappa shape index (κ2) is 14.7. The van der Waals surface area contributed by atoms with Crippen molar-refractivity contribution in [3.8, 4) is 5.75 Å². The van der Waals surface area contributed by atoms with Gasteiger partial charge in [0.25, 0.3) is 10.0 Å². The van der Waals surface area contributed by atoms with E-state index in [0.717, 1.165) is 21.0 Å². The van der Waals surface area contributed by atoms with Gasteiger partial charge >= 0.3 is 0 Å². The number of nitrogens with zero attached hydrogens (tertiary/aromatic N) is 2. The third kappa shape index (κ3) is 8.26. The first-order valence-electron chi connectivity index (χ1n) is 14.5. The Morgan fingerprint density at radius 1 is 0.818 bits per heavy atom. The topological polar surface area (TPSA) is 96.0 Å². The van der Waals surface area contributed by atoms with E-state index in [2.05, 4.69) is 5.32 Å². The molecule has 0 aliphatic rings. The highest BCUT2D eigenvalue weighted by atomic mass is 32.2. The van der Waals surface area contributed by atoms with Crippen molar-refractivity contribution < 1.29 is 22.7 Å². The van der Waals surface area contributed by atoms with Crippen LogP contribution >= 0.6 is 0 Å². The molecule has 230 valence electrons. The number of anilines is 1. The molecule has 2 amide bonds. The fourth-order valence-corrected chi connectivity index (χ4v) is 6.38. The fraction of sp³-hybridized carbons (Fsp3) is 0.257. The summed E-state index contributed by atoms with van der Waals surface area (Å²) >= 11 is 0. The number of hydrogen-bond donors (Lipinski definition) is 1. The molecule has 9 heteroatoms. The van der Waals surface area contributed by atoms with Crippen LogP contribution in [0.2, 0.25) is 0 Å². The molecule has 0 aliphatic heterocycles. The third-order valence-corrected chi connectivity index (χ3v) is 8.88. The second-order valence-corrected chi connectivity index (χ2v) is 12.8. The first kappa shape index (κ1) is 32.3. The predicted molar refractivity (Wildman–Crippen MR) is 173 cm³/mol. The highest BCUT2D eigenvalue weighted by molar-refractivity contribution is 7.92. The molecule has 0 unspecified atom stereocenters. The van der Waals surface area contributed by atoms with Crippen molar-refractivity contribution in [1.82, 2.24) is 10.2 Å². The number of aryl methyl sites for hydroxylation is 1. The normalized spacial score (nSPS) is 11.9. The maximum absolute atomic E-state index is 14.5. The minimum atomic E-state index is -4.18. The molecule has 0 fully saturated rings. The lowest BCUT2D eigenvalue weighted by atomic mass is 10.0. The Bertz CT molecular complexity index is 1660. The smallest absolute Gasteiger partial charge is 0.264 e. The zero-order valence-corrected chi connectivity index (χ0v) is 26.3. The SMILES string of the molecule is COc1cccc(N(CC(=O)N(Cc2cccc(C)c2)[C@@H](Cc2ccccc2)C(=O)NC(C)C)S(=O)(=O)c2ccccc2)c1. The van der Waals surface area contributed by atoms with Crippen molar-refractivity contribution in [2.75, 3.05) is 18.0 Å². The molecule has 8 nitrogen and oxygen atoms in total. The van der Waals surface area contributed by atoms with E-state index >= 15 is 0 Å². The Morgan fingerprint density at radius 3 is 2.09 bits per heavy atom. The van der Waals surface area contributed by atoms with Crippen molar-refractivity contribution in [2.24, 2.45) is 0 Å². The van der Waals surface area contributed by atoms with Gasteiger partial charge in [-0.3, -0.25) is 13.9 Å². The van der Waals surface area contributed by atoms with Gasteiger partial charge in [-0.1, -0.05) is 84.4 Å². The Morgan fingerprint density at radius 2 is 1.45 bits per heavy atom. The highest BCUT2D eigenvalue weighted by Crippen LogP contribution is 2.28. The van der Waals surface area contributed by atoms with Crippen molar-refractivity contribution >= 4 is 27.5 Å². The van der Waals surface area contributed by atoms with Gasteiger partial charge in [0.15, 0.2) is 0 Å². The number of amides is 2. The number of ether oxygens (including phenoxy) is 1. The number of carbonyl (C=O) groups excluding carboxylic acids is 2. The standard InChI is InChI=1S/C35H39N3O5S/c1-26(2)36-35(40)33(22-28-14-7-5-8-15-28)37(24-29-16-11-13-27(3)21-29)34(39)25-38(30-17-12-18-31(23-30)43-4)44(41,42)32-19-9-6-10-20-32/h5-21,23,26,33H,22,24-25H2,1-4H3,(H,36,40)/t33-/m0/s1. The minimum absolute atomic E-state index is 0.0410. The lowest BCUT2D eigenvalue weighted by Gasteiger charge is -2.34. The van der Waals surface area contributed by atoms with Gasteiger partial charge in [-0.05, 0) is 56.2 Å². The van der Waals surface area contributed by atoms with Crippen LogP contribution in [0.5, 0.6) is 5.75 Å². The van der Waals surface area contributed by atoms with Crippen molar-refractivity contribution in [1.29, 1.82) is 0 Å². The molecule has 0 bridgehead atoms. The zero-order chi connectivity index (χ0) is 31.7. The monoisotopic (exact) mass is 613 g/mol. The number of sulfonamides is 1. The van der Waals surface area contributed by atoms with Crippen LogP contribution in [0.3, 0.4) is 0 Å². The van der Waals surface area contributed by atoms with Gasteiger partial charge in [-0.2, -0.15) is 0 Å². The van der Waals surface area contributed by atoms with E-state index in [1.807, 2.05) is 75.4 Å². The molecule has 4 aromatic rings. The summed E-state index contributed by atoms with van der Waals surface area (Å²) in [6.45, 7) is 5.26. The Kier molecular flexibility index (Phi) is 10.8. The molecule has 0 heterocycles. The van der Waals surface area contributed by atoms with E-state index in [-0.39, 0.29) is 35.5 Å². The third-order valence-electron chi connectivity index (χ3n) is 7.09. The largest absolute Gasteiger partial charge is 0.497 e. The lowest BCUT2D eigenvalue weighted by Crippen LogP contribution is -2.54. The average Bonchev–Trinajstić information content (AvgIpc) is 3.02. The quantitative estimate of drug-likeness (QED) is 0.219. The molecule has 1 atom stereocenters. The van der Waals surface area contributed by atoms with E-state index in [0.29, 0.717) is 5.75 Å². The molecular formula is C35H39N3O5S. The zero-order valence-electron chi connectivity index (χ0n) is 25.5. The van der Waals surface area contributed by atoms with Crippen LogP contribution in [-0.4, -0.2) is 50.9 Å². The Labute approximate surface area is 260 Å². The van der Waals surface area contributed by atoms with E-state index in [1.165, 1.54) is 24.1 Å². The van der Waals surface area contributed by atoms with Crippen LogP contribution in [0.15, 0.2) is 114 Å². The lowest BCUT2D eigenvalue weighted by molar-refractivity contribution is -0.140. The summed E-state index contributed by atoms with van der Waals surface area (Å²) in [5.74, 6) is -0.393. The van der Waals surface area contributed by atoms with Crippen molar-refractivity contribution in [3.63, 3.8) is 0 Å². The number of methoxy groups -OCH3 is 1. The molecule has 0 saturated carbocycles. The maximum atomic E-state index is 14.5. The Balaban J connectivity index is 1.81. The van der Waals surface area contributed by atoms with Crippen LogP contribution < -0.4 is 14.4 Å². The average molecular weight is 614 g/mol. The minimum Gasteiger partial charge on any atom is -0.497 e. The van der Waals surface area contributed by atoms with Gasteiger partial charge in [0, 0.05) is 25.1 Å². The van der Waals surface area contributed by atoms with Gasteiger partial charge in [-0.25, -0.2) is 8.42 Å². The molecule has 44 heavy (non-hydrogen) atoms. The summed E-state index contributed by atoms with van der Waals surface area (Å²) in [7, 11) is -2.69. The highest BCUT2D eigenvalue weighted by Gasteiger charge is 2.35. The van der Waals surface area contributed by atoms with Crippen LogP contribution in [0.1, 0.15) is 30.5 Å². The van der Waals surface area contributed by atoms with Crippen LogP contribution in [0, 0.1) is 6.92 Å². The van der Waals surface area contributed by atoms with E-state index in [1.54, 1.807) is 42.5 Å². The predicted octanol–water partition coefficient (Wildman–Crippen LogP) is 5.36. The Hall–Kier alpha value is -4.63. The van der Waals surface area contributed by atoms with Crippen molar-refractivity contribution in [3.05, 3.63) is 126 Å². The first-order chi connectivity index (χ1) is 21.1. The van der Waals surface area contributed by atoms with E-state index in [9.17, 15) is 18.0 Å². The molecular weight excluding hydrogens is 574 g/mol. The van der Waals surface area contributed by atoms with Gasteiger partial charge in [0.05, 0.1) is 17.7 Å². The maximum Gasteiger partial charge on any atom is 0.264 e. The number of rotatable bonds is 13. The summed E-state index contributed by atoms with van der Waals surface area (Å²) in [6, 6.07) is 30.7. The number of carbonyl (C=O) groups is 2. The molecule has 4 aromatic carbocycles. The second-order valence-electron chi connectivity index (χ2n) is 10.9. The van der Waals surface area contributed by atoms with E-state index < -0.39 is 28.5 Å². The van der Waals surface area contributed by atoms with Gasteiger partial charge in [0.2, 0.25) is 11.8 Å². The molecule has 0 radical (unpaired) electrons. The van der Waals surface area contributed by atoms with Crippen LogP contribution in [0.25, 0.3) is 0 Å². The van der Waals surface area contributed by atoms with Gasteiger partial charge < -0.3 is 15.0 Å². The summed E-state index contributed by atoms with van der Waals surface area (Å²) in [5, 5.41) is 2.97. The molecule has 4 rings (SSSR count). The first-order valence-corrected chi connectivity index (χ1v) is 15.9. The van der Waals surface area contributed by atoms with Crippen molar-refractivity contribution in [2.45, 2.75) is 50.7 Å². The van der Waals surface area contributed by atoms with Crippen LogP contribution in [-0.2, 0) is 32.6 Å². The number of hydrogen-bond acceptors (Lipinski definition) is 5. The molecule has 0 aliphatic carbocycles. The van der Waals surface area contributed by atoms with E-state index in [4.69, 9.17) is 4.74 Å². The summed E-state index contributed by atoms with van der Waals surface area (Å²) in [5.41, 5.74) is 2.97.